The molecule has 1 aliphatic carbocycles. The highest BCUT2D eigenvalue weighted by Gasteiger charge is 2.37. The molecule has 0 unspecified atom stereocenters. The van der Waals surface area contributed by atoms with E-state index in [9.17, 15) is 0 Å². The molecule has 3 aliphatic rings. The van der Waals surface area contributed by atoms with Gasteiger partial charge in [0.1, 0.15) is 0 Å². The summed E-state index contributed by atoms with van der Waals surface area (Å²) >= 11 is 0. The maximum atomic E-state index is 3.47. The Morgan fingerprint density at radius 2 is 1.48 bits per heavy atom. The Morgan fingerprint density at radius 3 is 2.10 bits per heavy atom. The van der Waals surface area contributed by atoms with E-state index in [0.717, 1.165) is 18.5 Å². The predicted molar refractivity (Wildman–Crippen MR) is 89.7 cm³/mol. The molecular weight excluding hydrogens is 258 g/mol. The van der Waals surface area contributed by atoms with Crippen LogP contribution >= 0.6 is 0 Å². The molecule has 0 aromatic rings. The summed E-state index contributed by atoms with van der Waals surface area (Å²) in [7, 11) is 0. The van der Waals surface area contributed by atoms with Crippen LogP contribution in [0, 0.1) is 5.41 Å². The maximum Gasteiger partial charge on any atom is 0.0281 e. The van der Waals surface area contributed by atoms with Crippen LogP contribution in [0.5, 0.6) is 0 Å². The van der Waals surface area contributed by atoms with Gasteiger partial charge in [-0.25, -0.2) is 0 Å². The van der Waals surface area contributed by atoms with Crippen LogP contribution in [0.3, 0.4) is 0 Å². The molecule has 3 fully saturated rings. The smallest absolute Gasteiger partial charge is 0.0281 e. The summed E-state index contributed by atoms with van der Waals surface area (Å²) in [6, 6.07) is 0. The van der Waals surface area contributed by atoms with Crippen molar-refractivity contribution in [3.05, 3.63) is 0 Å². The lowest BCUT2D eigenvalue weighted by Crippen LogP contribution is -2.58. The number of piperidine rings is 1. The van der Waals surface area contributed by atoms with Crippen molar-refractivity contribution in [1.29, 1.82) is 0 Å². The number of likely N-dealkylation sites (tertiary alicyclic amines) is 1. The van der Waals surface area contributed by atoms with Gasteiger partial charge in [-0.3, -0.25) is 4.90 Å². The van der Waals surface area contributed by atoms with Crippen molar-refractivity contribution in [2.75, 3.05) is 45.8 Å². The first-order valence-corrected chi connectivity index (χ1v) is 9.28. The lowest BCUT2D eigenvalue weighted by atomic mass is 9.68. The molecule has 0 bridgehead atoms. The number of nitrogens with one attached hydrogen (secondary N) is 1. The summed E-state index contributed by atoms with van der Waals surface area (Å²) in [5, 5.41) is 3.47. The van der Waals surface area contributed by atoms with Crippen molar-refractivity contribution in [3.8, 4) is 0 Å². The molecule has 3 heteroatoms. The van der Waals surface area contributed by atoms with E-state index in [2.05, 4.69) is 29.0 Å². The highest BCUT2D eigenvalue weighted by atomic mass is 15.3. The van der Waals surface area contributed by atoms with Gasteiger partial charge in [0, 0.05) is 38.3 Å². The highest BCUT2D eigenvalue weighted by molar-refractivity contribution is 4.92. The third-order valence-corrected chi connectivity index (χ3v) is 6.41. The molecule has 0 aromatic carbocycles. The minimum Gasteiger partial charge on any atom is -0.314 e. The van der Waals surface area contributed by atoms with E-state index in [0.29, 0.717) is 5.54 Å². The Kier molecular flexibility index (Phi) is 4.92. The van der Waals surface area contributed by atoms with E-state index >= 15 is 0 Å². The van der Waals surface area contributed by atoms with E-state index in [-0.39, 0.29) is 0 Å². The summed E-state index contributed by atoms with van der Waals surface area (Å²) in [5.41, 5.74) is 1.08. The van der Waals surface area contributed by atoms with Gasteiger partial charge in [-0.2, -0.15) is 0 Å². The molecule has 21 heavy (non-hydrogen) atoms. The molecule has 122 valence electrons. The van der Waals surface area contributed by atoms with Gasteiger partial charge in [0.05, 0.1) is 0 Å². The SMILES string of the molecule is CC(C)(CN1CCC2(CCCCC2)CC1)N1CCNCC1. The van der Waals surface area contributed by atoms with Crippen molar-refractivity contribution < 1.29 is 0 Å². The zero-order chi connectivity index (χ0) is 14.8. The quantitative estimate of drug-likeness (QED) is 0.863. The molecular formula is C18H35N3. The minimum absolute atomic E-state index is 0.333. The van der Waals surface area contributed by atoms with E-state index in [1.165, 1.54) is 77.7 Å². The molecule has 3 rings (SSSR count). The van der Waals surface area contributed by atoms with Crippen LogP contribution in [0.1, 0.15) is 58.8 Å². The van der Waals surface area contributed by atoms with E-state index < -0.39 is 0 Å². The fraction of sp³-hybridized carbons (Fsp3) is 1.00. The maximum absolute atomic E-state index is 3.47. The summed E-state index contributed by atoms with van der Waals surface area (Å²) in [6.07, 6.45) is 10.4. The Hall–Kier alpha value is -0.120. The monoisotopic (exact) mass is 293 g/mol. The average molecular weight is 293 g/mol. The van der Waals surface area contributed by atoms with Crippen molar-refractivity contribution in [2.45, 2.75) is 64.3 Å². The van der Waals surface area contributed by atoms with Crippen molar-refractivity contribution >= 4 is 0 Å². The summed E-state index contributed by atoms with van der Waals surface area (Å²) in [4.78, 5) is 5.44. The normalized spacial score (nSPS) is 28.9. The van der Waals surface area contributed by atoms with Crippen molar-refractivity contribution in [2.24, 2.45) is 5.41 Å². The lowest BCUT2D eigenvalue weighted by molar-refractivity contribution is 0.0199. The Morgan fingerprint density at radius 1 is 0.857 bits per heavy atom. The number of nitrogens with zero attached hydrogens (tertiary/aromatic N) is 2. The van der Waals surface area contributed by atoms with E-state index in [1.807, 2.05) is 0 Å². The summed E-state index contributed by atoms with van der Waals surface area (Å²) in [6.45, 7) is 13.6. The standard InChI is InChI=1S/C18H35N3/c1-17(2,21-14-10-19-11-15-21)16-20-12-8-18(9-13-20)6-4-3-5-7-18/h19H,3-16H2,1-2H3. The van der Waals surface area contributed by atoms with Crippen LogP contribution in [0.4, 0.5) is 0 Å². The van der Waals surface area contributed by atoms with Gasteiger partial charge in [0.2, 0.25) is 0 Å². The highest BCUT2D eigenvalue weighted by Crippen LogP contribution is 2.44. The second-order valence-corrected chi connectivity index (χ2v) is 8.39. The molecule has 2 heterocycles. The fourth-order valence-corrected chi connectivity index (χ4v) is 4.90. The second kappa shape index (κ2) is 6.55. The van der Waals surface area contributed by atoms with E-state index in [1.54, 1.807) is 0 Å². The number of rotatable bonds is 3. The van der Waals surface area contributed by atoms with Crippen LogP contribution in [-0.2, 0) is 0 Å². The molecule has 0 aromatic heterocycles. The molecule has 2 saturated heterocycles. The topological polar surface area (TPSA) is 18.5 Å². The first-order chi connectivity index (χ1) is 10.1. The predicted octanol–water partition coefficient (Wildman–Crippen LogP) is 2.72. The van der Waals surface area contributed by atoms with Crippen LogP contribution in [0.15, 0.2) is 0 Å². The largest absolute Gasteiger partial charge is 0.314 e. The minimum atomic E-state index is 0.333. The number of piperazine rings is 1. The Labute approximate surface area is 131 Å². The first-order valence-electron chi connectivity index (χ1n) is 9.28. The van der Waals surface area contributed by atoms with Gasteiger partial charge >= 0.3 is 0 Å². The molecule has 1 N–H and O–H groups in total. The van der Waals surface area contributed by atoms with Crippen molar-refractivity contribution in [1.82, 2.24) is 15.1 Å². The lowest BCUT2D eigenvalue weighted by Gasteiger charge is -2.48. The van der Waals surface area contributed by atoms with Crippen LogP contribution in [-0.4, -0.2) is 61.2 Å². The van der Waals surface area contributed by atoms with Crippen LogP contribution in [0.2, 0.25) is 0 Å². The molecule has 3 nitrogen and oxygen atoms in total. The van der Waals surface area contributed by atoms with E-state index in [4.69, 9.17) is 0 Å². The summed E-state index contributed by atoms with van der Waals surface area (Å²) in [5.74, 6) is 0. The van der Waals surface area contributed by atoms with Gasteiger partial charge in [-0.15, -0.1) is 0 Å². The van der Waals surface area contributed by atoms with Gasteiger partial charge < -0.3 is 10.2 Å². The number of hydrogen-bond donors (Lipinski definition) is 1. The van der Waals surface area contributed by atoms with Gasteiger partial charge in [-0.05, 0) is 58.0 Å². The summed E-state index contributed by atoms with van der Waals surface area (Å²) < 4.78 is 0. The second-order valence-electron chi connectivity index (χ2n) is 8.39. The Balaban J connectivity index is 1.50. The van der Waals surface area contributed by atoms with Gasteiger partial charge in [0.15, 0.2) is 0 Å². The zero-order valence-corrected chi connectivity index (χ0v) is 14.3. The first kappa shape index (κ1) is 15.8. The molecule has 1 saturated carbocycles. The molecule has 0 atom stereocenters. The molecule has 2 aliphatic heterocycles. The molecule has 1 spiro atoms. The van der Waals surface area contributed by atoms with Crippen LogP contribution < -0.4 is 5.32 Å². The fourth-order valence-electron chi connectivity index (χ4n) is 4.90. The zero-order valence-electron chi connectivity index (χ0n) is 14.3. The van der Waals surface area contributed by atoms with Gasteiger partial charge in [-0.1, -0.05) is 19.3 Å². The Bertz CT molecular complexity index is 317. The third kappa shape index (κ3) is 3.80. The molecule has 0 radical (unpaired) electrons. The van der Waals surface area contributed by atoms with Crippen molar-refractivity contribution in [3.63, 3.8) is 0 Å². The molecule has 0 amide bonds. The number of hydrogen-bond acceptors (Lipinski definition) is 3. The van der Waals surface area contributed by atoms with Gasteiger partial charge in [0.25, 0.3) is 0 Å². The average Bonchev–Trinajstić information content (AvgIpc) is 2.52. The third-order valence-electron chi connectivity index (χ3n) is 6.41. The van der Waals surface area contributed by atoms with Crippen LogP contribution in [0.25, 0.3) is 0 Å².